The lowest BCUT2D eigenvalue weighted by molar-refractivity contribution is -0.192. The second-order valence-electron chi connectivity index (χ2n) is 8.54. The Balaban J connectivity index is 0.000000339. The molecule has 0 radical (unpaired) electrons. The highest BCUT2D eigenvalue weighted by Gasteiger charge is 2.46. The number of methoxy groups -OCH3 is 1. The molecule has 31 heavy (non-hydrogen) atoms. The van der Waals surface area contributed by atoms with E-state index in [0.29, 0.717) is 0 Å². The van der Waals surface area contributed by atoms with Gasteiger partial charge in [-0.15, -0.1) is 0 Å². The van der Waals surface area contributed by atoms with Crippen molar-refractivity contribution in [3.63, 3.8) is 0 Å². The number of ether oxygens (including phenoxy) is 1. The van der Waals surface area contributed by atoms with Gasteiger partial charge in [-0.3, -0.25) is 4.79 Å². The summed E-state index contributed by atoms with van der Waals surface area (Å²) in [5, 5.41) is 10.5. The molecule has 2 N–H and O–H groups in total. The fourth-order valence-corrected chi connectivity index (χ4v) is 4.56. The second-order valence-corrected chi connectivity index (χ2v) is 8.54. The van der Waals surface area contributed by atoms with E-state index in [4.69, 9.17) is 14.6 Å². The zero-order valence-electron chi connectivity index (χ0n) is 17.6. The number of nitrogens with one attached hydrogen (secondary N) is 1. The lowest BCUT2D eigenvalue weighted by Gasteiger charge is -2.40. The predicted octanol–water partition coefficient (Wildman–Crippen LogP) is 3.27. The van der Waals surface area contributed by atoms with Crippen LogP contribution in [-0.4, -0.2) is 61.4 Å². The summed E-state index contributed by atoms with van der Waals surface area (Å²) >= 11 is 0. The Hall–Kier alpha value is -2.13. The minimum atomic E-state index is -5.08. The van der Waals surface area contributed by atoms with Gasteiger partial charge >= 0.3 is 12.1 Å². The summed E-state index contributed by atoms with van der Waals surface area (Å²) in [4.78, 5) is 23.7. The predicted molar refractivity (Wildman–Crippen MR) is 108 cm³/mol. The molecule has 4 rings (SSSR count). The molecule has 6 nitrogen and oxygen atoms in total. The van der Waals surface area contributed by atoms with Gasteiger partial charge in [-0.25, -0.2) is 4.79 Å². The van der Waals surface area contributed by atoms with Crippen molar-refractivity contribution in [3.05, 3.63) is 35.4 Å². The van der Waals surface area contributed by atoms with Crippen LogP contribution < -0.4 is 5.32 Å². The van der Waals surface area contributed by atoms with Crippen LogP contribution in [0, 0.1) is 5.92 Å². The van der Waals surface area contributed by atoms with Gasteiger partial charge in [-0.05, 0) is 56.3 Å². The number of carbonyl (C=O) groups is 2. The van der Waals surface area contributed by atoms with E-state index in [0.717, 1.165) is 45.5 Å². The monoisotopic (exact) mass is 442 g/mol. The molecule has 0 aromatic heterocycles. The van der Waals surface area contributed by atoms with E-state index in [1.165, 1.54) is 24.0 Å². The highest BCUT2D eigenvalue weighted by atomic mass is 19.4. The Morgan fingerprint density at radius 1 is 1.23 bits per heavy atom. The van der Waals surface area contributed by atoms with Crippen LogP contribution in [0.2, 0.25) is 0 Å². The number of carbonyl (C=O) groups excluding carboxylic acids is 1. The van der Waals surface area contributed by atoms with Crippen molar-refractivity contribution in [2.75, 3.05) is 33.4 Å². The normalized spacial score (nSPS) is 22.4. The number of carboxylic acid groups (broad SMARTS) is 1. The molecular formula is C22H29F3N2O4. The van der Waals surface area contributed by atoms with Gasteiger partial charge in [0.05, 0.1) is 12.6 Å². The van der Waals surface area contributed by atoms with Gasteiger partial charge < -0.3 is 20.1 Å². The molecule has 172 valence electrons. The van der Waals surface area contributed by atoms with Gasteiger partial charge in [0.1, 0.15) is 0 Å². The number of carboxylic acids is 1. The summed E-state index contributed by atoms with van der Waals surface area (Å²) in [5.41, 5.74) is 3.09. The van der Waals surface area contributed by atoms with Crippen LogP contribution in [0.25, 0.3) is 0 Å². The van der Waals surface area contributed by atoms with Crippen LogP contribution in [0.5, 0.6) is 0 Å². The molecule has 9 heteroatoms. The van der Waals surface area contributed by atoms with Gasteiger partial charge in [0.15, 0.2) is 0 Å². The highest BCUT2D eigenvalue weighted by Crippen LogP contribution is 2.51. The van der Waals surface area contributed by atoms with E-state index in [-0.39, 0.29) is 23.3 Å². The molecular weight excluding hydrogens is 413 g/mol. The number of likely N-dealkylation sites (tertiary alicyclic amines) is 1. The Labute approximate surface area is 179 Å². The zero-order chi connectivity index (χ0) is 22.6. The van der Waals surface area contributed by atoms with E-state index in [1.807, 2.05) is 0 Å². The van der Waals surface area contributed by atoms with E-state index in [1.54, 1.807) is 7.11 Å². The maximum atomic E-state index is 12.3. The number of piperidine rings is 1. The maximum absolute atomic E-state index is 12.3. The summed E-state index contributed by atoms with van der Waals surface area (Å²) in [6.45, 7) is 4.09. The van der Waals surface area contributed by atoms with Crippen LogP contribution in [0.15, 0.2) is 24.3 Å². The molecule has 1 saturated carbocycles. The fraction of sp³-hybridized carbons (Fsp3) is 0.636. The SMILES string of the molecule is COCCN1CCC2(CC1)CC(NC(=O)C1CC1)c1ccccc12.O=C(O)C(F)(F)F. The van der Waals surface area contributed by atoms with Crippen molar-refractivity contribution in [1.29, 1.82) is 0 Å². The zero-order valence-corrected chi connectivity index (χ0v) is 17.6. The first kappa shape index (κ1) is 23.5. The number of alkyl halides is 3. The largest absolute Gasteiger partial charge is 0.490 e. The topological polar surface area (TPSA) is 78.9 Å². The quantitative estimate of drug-likeness (QED) is 0.732. The standard InChI is InChI=1S/C20H28N2O2.C2HF3O2/c1-24-13-12-22-10-8-20(9-11-22)14-18(21-19(23)15-6-7-15)16-4-2-3-5-17(16)20;3-2(4,5)1(6)7/h2-5,15,18H,6-14H2,1H3,(H,21,23);(H,6,7). The number of nitrogens with zero attached hydrogens (tertiary/aromatic N) is 1. The van der Waals surface area contributed by atoms with E-state index >= 15 is 0 Å². The number of rotatable bonds is 5. The summed E-state index contributed by atoms with van der Waals surface area (Å²) < 4.78 is 37.0. The van der Waals surface area contributed by atoms with Crippen LogP contribution in [0.3, 0.4) is 0 Å². The third-order valence-corrected chi connectivity index (χ3v) is 6.43. The van der Waals surface area contributed by atoms with Crippen LogP contribution in [0.1, 0.15) is 49.3 Å². The van der Waals surface area contributed by atoms with E-state index in [2.05, 4.69) is 34.5 Å². The highest BCUT2D eigenvalue weighted by molar-refractivity contribution is 5.81. The molecule has 0 bridgehead atoms. The number of amides is 1. The molecule has 1 unspecified atom stereocenters. The van der Waals surface area contributed by atoms with Crippen LogP contribution >= 0.6 is 0 Å². The first-order valence-electron chi connectivity index (χ1n) is 10.6. The van der Waals surface area contributed by atoms with Gasteiger partial charge in [-0.2, -0.15) is 13.2 Å². The fourth-order valence-electron chi connectivity index (χ4n) is 4.56. The molecule has 1 aromatic rings. The molecule has 1 aliphatic heterocycles. The van der Waals surface area contributed by atoms with Crippen LogP contribution in [0.4, 0.5) is 13.2 Å². The Bertz CT molecular complexity index is 787. The van der Waals surface area contributed by atoms with Crippen molar-refractivity contribution in [3.8, 4) is 0 Å². The number of aliphatic carboxylic acids is 1. The molecule has 1 spiro atoms. The van der Waals surface area contributed by atoms with Crippen LogP contribution in [-0.2, 0) is 19.7 Å². The average molecular weight is 442 g/mol. The molecule has 1 atom stereocenters. The second kappa shape index (κ2) is 9.56. The van der Waals surface area contributed by atoms with E-state index in [9.17, 15) is 18.0 Å². The number of hydrogen-bond acceptors (Lipinski definition) is 4. The molecule has 1 amide bonds. The number of benzene rings is 1. The molecule has 3 aliphatic rings. The Kier molecular flexibility index (Phi) is 7.26. The third kappa shape index (κ3) is 5.77. The summed E-state index contributed by atoms with van der Waals surface area (Å²) in [5.74, 6) is -2.21. The van der Waals surface area contributed by atoms with Gasteiger partial charge in [0.25, 0.3) is 0 Å². The Morgan fingerprint density at radius 3 is 2.39 bits per heavy atom. The van der Waals surface area contributed by atoms with Crippen molar-refractivity contribution < 1.29 is 32.6 Å². The summed E-state index contributed by atoms with van der Waals surface area (Å²) in [7, 11) is 1.77. The van der Waals surface area contributed by atoms with Crippen molar-refractivity contribution in [2.45, 2.75) is 49.7 Å². The third-order valence-electron chi connectivity index (χ3n) is 6.43. The molecule has 1 saturated heterocycles. The first-order chi connectivity index (χ1) is 14.7. The van der Waals surface area contributed by atoms with E-state index < -0.39 is 12.1 Å². The smallest absolute Gasteiger partial charge is 0.475 e. The lowest BCUT2D eigenvalue weighted by atomic mass is 9.73. The lowest BCUT2D eigenvalue weighted by Crippen LogP contribution is -2.43. The Morgan fingerprint density at radius 2 is 1.84 bits per heavy atom. The van der Waals surface area contributed by atoms with Gasteiger partial charge in [0.2, 0.25) is 5.91 Å². The van der Waals surface area contributed by atoms with Gasteiger partial charge in [-0.1, -0.05) is 24.3 Å². The van der Waals surface area contributed by atoms with Crippen molar-refractivity contribution >= 4 is 11.9 Å². The summed E-state index contributed by atoms with van der Waals surface area (Å²) in [6.07, 6.45) is 0.496. The average Bonchev–Trinajstić information content (AvgIpc) is 3.54. The summed E-state index contributed by atoms with van der Waals surface area (Å²) in [6, 6.07) is 8.99. The molecule has 2 fully saturated rings. The minimum Gasteiger partial charge on any atom is -0.475 e. The van der Waals surface area contributed by atoms with Crippen molar-refractivity contribution in [2.24, 2.45) is 5.92 Å². The molecule has 1 heterocycles. The number of fused-ring (bicyclic) bond motifs is 2. The number of hydrogen-bond donors (Lipinski definition) is 2. The van der Waals surface area contributed by atoms with Crippen molar-refractivity contribution in [1.82, 2.24) is 10.2 Å². The molecule has 1 aromatic carbocycles. The first-order valence-corrected chi connectivity index (χ1v) is 10.6. The maximum Gasteiger partial charge on any atom is 0.490 e. The van der Waals surface area contributed by atoms with Gasteiger partial charge in [0, 0.05) is 25.0 Å². The number of halogens is 3. The minimum absolute atomic E-state index is 0.208. The molecule has 2 aliphatic carbocycles.